The van der Waals surface area contributed by atoms with E-state index in [-0.39, 0.29) is 44.4 Å². The van der Waals surface area contributed by atoms with E-state index in [0.29, 0.717) is 0 Å². The summed E-state index contributed by atoms with van der Waals surface area (Å²) in [5.74, 6) is 0.172. The Balaban J connectivity index is 2.79. The summed E-state index contributed by atoms with van der Waals surface area (Å²) in [6.07, 6.45) is 0. The first-order valence-electron chi connectivity index (χ1n) is 10.8. The van der Waals surface area contributed by atoms with Crippen molar-refractivity contribution in [1.29, 1.82) is 0 Å². The van der Waals surface area contributed by atoms with Crippen molar-refractivity contribution in [2.45, 2.75) is 109 Å². The Bertz CT molecular complexity index is 664. The highest BCUT2D eigenvalue weighted by Gasteiger charge is 2.91. The standard InChI is InChI=1S/C25H46O2/c1-16(2)18(3,4)17(26)27-25(15)22(11,12)23(13)19(5,6)20(7,8)24(25,14)21(23,9)10/h16H,1-15H3. The number of fused-ring (bicyclic) bond motifs is 2. The van der Waals surface area contributed by atoms with Gasteiger partial charge in [-0.15, -0.1) is 0 Å². The van der Waals surface area contributed by atoms with Crippen LogP contribution in [0.25, 0.3) is 0 Å². The first kappa shape index (κ1) is 22.8. The Morgan fingerprint density at radius 2 is 1.04 bits per heavy atom. The van der Waals surface area contributed by atoms with E-state index in [1.807, 2.05) is 13.8 Å². The Hall–Kier alpha value is -0.530. The smallest absolute Gasteiger partial charge is 0.312 e. The minimum atomic E-state index is -0.555. The van der Waals surface area contributed by atoms with Crippen LogP contribution in [-0.4, -0.2) is 11.6 Å². The van der Waals surface area contributed by atoms with Gasteiger partial charge in [-0.1, -0.05) is 83.1 Å². The fraction of sp³-hybridized carbons (Fsp3) is 0.960. The van der Waals surface area contributed by atoms with E-state index in [4.69, 9.17) is 4.74 Å². The van der Waals surface area contributed by atoms with Crippen molar-refractivity contribution in [3.05, 3.63) is 0 Å². The molecule has 2 bridgehead atoms. The second-order valence-electron chi connectivity index (χ2n) is 13.0. The molecule has 2 aliphatic rings. The molecule has 0 aromatic heterocycles. The lowest BCUT2D eigenvalue weighted by atomic mass is 9.40. The molecule has 0 amide bonds. The van der Waals surface area contributed by atoms with Crippen LogP contribution < -0.4 is 0 Å². The predicted molar refractivity (Wildman–Crippen MR) is 114 cm³/mol. The minimum absolute atomic E-state index is 0.00224. The van der Waals surface area contributed by atoms with Crippen LogP contribution in [0.2, 0.25) is 0 Å². The monoisotopic (exact) mass is 378 g/mol. The Morgan fingerprint density at radius 1 is 0.667 bits per heavy atom. The second-order valence-corrected chi connectivity index (χ2v) is 13.0. The van der Waals surface area contributed by atoms with Gasteiger partial charge in [0.05, 0.1) is 5.41 Å². The highest BCUT2D eigenvalue weighted by molar-refractivity contribution is 5.77. The zero-order valence-corrected chi connectivity index (χ0v) is 20.9. The van der Waals surface area contributed by atoms with Crippen molar-refractivity contribution in [2.75, 3.05) is 0 Å². The molecule has 0 radical (unpaired) electrons. The normalized spacial score (nSPS) is 41.0. The van der Waals surface area contributed by atoms with E-state index < -0.39 is 11.0 Å². The molecule has 3 unspecified atom stereocenters. The van der Waals surface area contributed by atoms with Crippen LogP contribution in [0, 0.1) is 43.8 Å². The molecule has 2 aliphatic carbocycles. The van der Waals surface area contributed by atoms with Gasteiger partial charge in [-0.25, -0.2) is 0 Å². The van der Waals surface area contributed by atoms with Gasteiger partial charge in [0.2, 0.25) is 0 Å². The molecule has 2 nitrogen and oxygen atoms in total. The topological polar surface area (TPSA) is 26.3 Å². The molecule has 0 N–H and O–H groups in total. The van der Waals surface area contributed by atoms with Crippen LogP contribution in [0.15, 0.2) is 0 Å². The van der Waals surface area contributed by atoms with Crippen molar-refractivity contribution in [3.8, 4) is 0 Å². The fourth-order valence-electron chi connectivity index (χ4n) is 7.95. The number of rotatable bonds is 3. The van der Waals surface area contributed by atoms with Crippen LogP contribution in [0.4, 0.5) is 0 Å². The lowest BCUT2D eigenvalue weighted by molar-refractivity contribution is -0.260. The van der Waals surface area contributed by atoms with E-state index in [9.17, 15) is 4.79 Å². The molecule has 0 aliphatic heterocycles. The summed E-state index contributed by atoms with van der Waals surface area (Å²) in [5, 5.41) is 0. The van der Waals surface area contributed by atoms with Gasteiger partial charge in [0.15, 0.2) is 0 Å². The van der Waals surface area contributed by atoms with E-state index in [1.165, 1.54) is 0 Å². The molecule has 2 rings (SSSR count). The van der Waals surface area contributed by atoms with E-state index in [1.54, 1.807) is 0 Å². The summed E-state index contributed by atoms with van der Waals surface area (Å²) in [7, 11) is 0. The molecule has 2 heteroatoms. The van der Waals surface area contributed by atoms with Gasteiger partial charge >= 0.3 is 5.97 Å². The van der Waals surface area contributed by atoms with Crippen LogP contribution in [0.5, 0.6) is 0 Å². The molecule has 3 atom stereocenters. The van der Waals surface area contributed by atoms with Crippen molar-refractivity contribution in [3.63, 3.8) is 0 Å². The van der Waals surface area contributed by atoms with Crippen LogP contribution in [0.3, 0.4) is 0 Å². The van der Waals surface area contributed by atoms with Gasteiger partial charge in [-0.05, 0) is 48.3 Å². The van der Waals surface area contributed by atoms with Crippen molar-refractivity contribution in [1.82, 2.24) is 0 Å². The zero-order chi connectivity index (χ0) is 21.9. The number of ether oxygens (including phenoxy) is 1. The summed E-state index contributed by atoms with van der Waals surface area (Å²) >= 11 is 0. The lowest BCUT2D eigenvalue weighted by Crippen LogP contribution is -2.68. The van der Waals surface area contributed by atoms with Crippen molar-refractivity contribution < 1.29 is 9.53 Å². The van der Waals surface area contributed by atoms with Crippen molar-refractivity contribution in [2.24, 2.45) is 43.8 Å². The van der Waals surface area contributed by atoms with Gasteiger partial charge in [-0.3, -0.25) is 4.79 Å². The van der Waals surface area contributed by atoms with E-state index in [2.05, 4.69) is 90.0 Å². The van der Waals surface area contributed by atoms with E-state index >= 15 is 0 Å². The first-order valence-corrected chi connectivity index (χ1v) is 10.8. The Morgan fingerprint density at radius 3 is 1.37 bits per heavy atom. The maximum absolute atomic E-state index is 13.4. The van der Waals surface area contributed by atoms with E-state index in [0.717, 1.165) is 0 Å². The van der Waals surface area contributed by atoms with Gasteiger partial charge < -0.3 is 4.74 Å². The Labute approximate surface area is 169 Å². The minimum Gasteiger partial charge on any atom is -0.458 e. The van der Waals surface area contributed by atoms with Crippen LogP contribution in [-0.2, 0) is 9.53 Å². The summed E-state index contributed by atoms with van der Waals surface area (Å²) in [5.41, 5.74) is -1.28. The molecule has 27 heavy (non-hydrogen) atoms. The maximum Gasteiger partial charge on any atom is 0.312 e. The molecule has 0 heterocycles. The third kappa shape index (κ3) is 1.79. The molecular formula is C25H46O2. The Kier molecular flexibility index (Phi) is 4.33. The number of hydrogen-bond acceptors (Lipinski definition) is 2. The largest absolute Gasteiger partial charge is 0.458 e. The molecule has 2 saturated carbocycles. The SMILES string of the molecule is CC(C)C(C)(C)C(=O)OC1(C)C(C)(C)C2(C)C(C)(C)C(C)(C)C1(C)C2(C)C. The molecule has 158 valence electrons. The predicted octanol–water partition coefficient (Wildman–Crippen LogP) is 7.12. The van der Waals surface area contributed by atoms with Crippen molar-refractivity contribution >= 4 is 5.97 Å². The maximum atomic E-state index is 13.4. The van der Waals surface area contributed by atoms with Gasteiger partial charge in [-0.2, -0.15) is 0 Å². The number of esters is 1. The van der Waals surface area contributed by atoms with Gasteiger partial charge in [0.25, 0.3) is 0 Å². The summed E-state index contributed by atoms with van der Waals surface area (Å²) < 4.78 is 6.67. The third-order valence-electron chi connectivity index (χ3n) is 12.2. The third-order valence-corrected chi connectivity index (χ3v) is 12.2. The molecule has 0 saturated heterocycles. The average Bonchev–Trinajstić information content (AvgIpc) is 2.60. The highest BCUT2D eigenvalue weighted by Crippen LogP contribution is 2.92. The molecule has 0 aromatic rings. The highest BCUT2D eigenvalue weighted by atomic mass is 16.6. The average molecular weight is 379 g/mol. The first-order chi connectivity index (χ1) is 11.6. The van der Waals surface area contributed by atoms with Gasteiger partial charge in [0, 0.05) is 10.8 Å². The quantitative estimate of drug-likeness (QED) is 0.489. The summed E-state index contributed by atoms with van der Waals surface area (Å²) in [6, 6.07) is 0. The number of carbonyl (C=O) groups excluding carboxylic acids is 1. The number of carbonyl (C=O) groups is 1. The lowest BCUT2D eigenvalue weighted by Gasteiger charge is -2.67. The summed E-state index contributed by atoms with van der Waals surface area (Å²) in [4.78, 5) is 13.4. The molecule has 0 spiro atoms. The number of hydrogen-bond donors (Lipinski definition) is 0. The fourth-order valence-corrected chi connectivity index (χ4v) is 7.95. The van der Waals surface area contributed by atoms with Crippen LogP contribution >= 0.6 is 0 Å². The zero-order valence-electron chi connectivity index (χ0n) is 20.9. The molecular weight excluding hydrogens is 332 g/mol. The molecule has 2 fully saturated rings. The van der Waals surface area contributed by atoms with Crippen LogP contribution in [0.1, 0.15) is 104 Å². The second kappa shape index (κ2) is 5.14. The molecule has 0 aromatic carbocycles. The van der Waals surface area contributed by atoms with Gasteiger partial charge in [0.1, 0.15) is 5.60 Å². The summed E-state index contributed by atoms with van der Waals surface area (Å²) in [6.45, 7) is 34.5.